The molecule has 2 heterocycles. The highest BCUT2D eigenvalue weighted by Crippen LogP contribution is 2.23. The van der Waals surface area contributed by atoms with Gasteiger partial charge in [0.05, 0.1) is 17.6 Å². The summed E-state index contributed by atoms with van der Waals surface area (Å²) in [7, 11) is 0. The number of hydrogen-bond donors (Lipinski definition) is 1. The third-order valence-corrected chi connectivity index (χ3v) is 5.39. The average Bonchev–Trinajstić information content (AvgIpc) is 3.03. The Balaban J connectivity index is 1.62. The Kier molecular flexibility index (Phi) is 5.36. The molecule has 0 fully saturated rings. The third kappa shape index (κ3) is 3.87. The van der Waals surface area contributed by atoms with Gasteiger partial charge in [0, 0.05) is 38.3 Å². The van der Waals surface area contributed by atoms with Crippen LogP contribution in [0.3, 0.4) is 0 Å². The number of aryl methyl sites for hydroxylation is 2. The number of hydrogen-bond acceptors (Lipinski definition) is 3. The first-order chi connectivity index (χ1) is 11.6. The zero-order valence-corrected chi connectivity index (χ0v) is 14.9. The summed E-state index contributed by atoms with van der Waals surface area (Å²) in [6, 6.07) is 10.6. The molecule has 0 saturated carbocycles. The number of aromatic nitrogens is 2. The Bertz CT molecular complexity index is 646. The van der Waals surface area contributed by atoms with Gasteiger partial charge in [-0.3, -0.25) is 4.90 Å². The van der Waals surface area contributed by atoms with Gasteiger partial charge >= 0.3 is 0 Å². The SMILES string of the molecule is CCC(O)(CC)CN1CCc2c(ncn2CCc2ccccc2)C1. The fourth-order valence-electron chi connectivity index (χ4n) is 3.54. The molecule has 1 N–H and O–H groups in total. The van der Waals surface area contributed by atoms with Crippen molar-refractivity contribution >= 4 is 0 Å². The molecule has 0 unspecified atom stereocenters. The van der Waals surface area contributed by atoms with Crippen molar-refractivity contribution in [3.63, 3.8) is 0 Å². The molecule has 0 bridgehead atoms. The van der Waals surface area contributed by atoms with Gasteiger partial charge in [-0.25, -0.2) is 4.98 Å². The number of aliphatic hydroxyl groups is 1. The van der Waals surface area contributed by atoms with Gasteiger partial charge in [0.2, 0.25) is 0 Å². The zero-order chi connectivity index (χ0) is 17.0. The van der Waals surface area contributed by atoms with Crippen LogP contribution in [0.25, 0.3) is 0 Å². The Hall–Kier alpha value is -1.65. The number of rotatable bonds is 7. The molecule has 0 radical (unpaired) electrons. The fourth-order valence-corrected chi connectivity index (χ4v) is 3.54. The van der Waals surface area contributed by atoms with Crippen LogP contribution in [0.1, 0.15) is 43.6 Å². The van der Waals surface area contributed by atoms with Crippen molar-refractivity contribution in [3.05, 3.63) is 53.6 Å². The molecule has 24 heavy (non-hydrogen) atoms. The van der Waals surface area contributed by atoms with Gasteiger partial charge in [-0.15, -0.1) is 0 Å². The minimum Gasteiger partial charge on any atom is -0.389 e. The summed E-state index contributed by atoms with van der Waals surface area (Å²) in [6.07, 6.45) is 5.66. The lowest BCUT2D eigenvalue weighted by Gasteiger charge is -2.35. The topological polar surface area (TPSA) is 41.3 Å². The van der Waals surface area contributed by atoms with E-state index < -0.39 is 5.60 Å². The first-order valence-corrected chi connectivity index (χ1v) is 9.15. The summed E-state index contributed by atoms with van der Waals surface area (Å²) < 4.78 is 2.31. The van der Waals surface area contributed by atoms with Gasteiger partial charge in [-0.1, -0.05) is 44.2 Å². The van der Waals surface area contributed by atoms with Crippen LogP contribution >= 0.6 is 0 Å². The Morgan fingerprint density at radius 3 is 2.62 bits per heavy atom. The van der Waals surface area contributed by atoms with Crippen LogP contribution < -0.4 is 0 Å². The molecule has 0 amide bonds. The molecule has 1 aromatic carbocycles. The van der Waals surface area contributed by atoms with Gasteiger partial charge < -0.3 is 9.67 Å². The zero-order valence-electron chi connectivity index (χ0n) is 14.9. The van der Waals surface area contributed by atoms with Crippen molar-refractivity contribution in [1.82, 2.24) is 14.5 Å². The van der Waals surface area contributed by atoms with Gasteiger partial charge in [-0.05, 0) is 24.8 Å². The molecular formula is C20H29N3O. The van der Waals surface area contributed by atoms with E-state index in [4.69, 9.17) is 0 Å². The van der Waals surface area contributed by atoms with Crippen LogP contribution in [-0.2, 0) is 25.9 Å². The monoisotopic (exact) mass is 327 g/mol. The second-order valence-electron chi connectivity index (χ2n) is 6.96. The predicted molar refractivity (Wildman–Crippen MR) is 96.9 cm³/mol. The summed E-state index contributed by atoms with van der Waals surface area (Å²) in [5, 5.41) is 10.6. The highest BCUT2D eigenvalue weighted by Gasteiger charge is 2.29. The number of fused-ring (bicyclic) bond motifs is 1. The molecule has 1 aliphatic rings. The summed E-state index contributed by atoms with van der Waals surface area (Å²) in [5.74, 6) is 0. The van der Waals surface area contributed by atoms with Gasteiger partial charge in [0.1, 0.15) is 0 Å². The van der Waals surface area contributed by atoms with E-state index in [9.17, 15) is 5.11 Å². The Morgan fingerprint density at radius 2 is 1.92 bits per heavy atom. The highest BCUT2D eigenvalue weighted by atomic mass is 16.3. The van der Waals surface area contributed by atoms with E-state index in [0.29, 0.717) is 0 Å². The maximum Gasteiger partial charge on any atom is 0.0952 e. The first-order valence-electron chi connectivity index (χ1n) is 9.15. The molecular weight excluding hydrogens is 298 g/mol. The first kappa shape index (κ1) is 17.2. The second-order valence-corrected chi connectivity index (χ2v) is 6.96. The van der Waals surface area contributed by atoms with Crippen molar-refractivity contribution in [2.75, 3.05) is 13.1 Å². The largest absolute Gasteiger partial charge is 0.389 e. The molecule has 0 aliphatic carbocycles. The normalized spacial score (nSPS) is 15.5. The minimum absolute atomic E-state index is 0.562. The van der Waals surface area contributed by atoms with E-state index in [0.717, 1.165) is 51.9 Å². The molecule has 0 spiro atoms. The van der Waals surface area contributed by atoms with Gasteiger partial charge in [-0.2, -0.15) is 0 Å². The molecule has 1 aliphatic heterocycles. The predicted octanol–water partition coefficient (Wildman–Crippen LogP) is 3.04. The van der Waals surface area contributed by atoms with Gasteiger partial charge in [0.15, 0.2) is 0 Å². The number of imidazole rings is 1. The smallest absolute Gasteiger partial charge is 0.0952 e. The Labute approximate surface area is 145 Å². The molecule has 1 aromatic heterocycles. The van der Waals surface area contributed by atoms with Gasteiger partial charge in [0.25, 0.3) is 0 Å². The minimum atomic E-state index is -0.562. The molecule has 4 nitrogen and oxygen atoms in total. The van der Waals surface area contributed by atoms with Crippen LogP contribution in [0.15, 0.2) is 36.7 Å². The molecule has 0 saturated heterocycles. The summed E-state index contributed by atoms with van der Waals surface area (Å²) in [5.41, 5.74) is 3.36. The van der Waals surface area contributed by atoms with Crippen molar-refractivity contribution < 1.29 is 5.11 Å². The molecule has 0 atom stereocenters. The van der Waals surface area contributed by atoms with Crippen molar-refractivity contribution in [2.24, 2.45) is 0 Å². The van der Waals surface area contributed by atoms with E-state index >= 15 is 0 Å². The molecule has 4 heteroatoms. The van der Waals surface area contributed by atoms with Crippen LogP contribution in [0.4, 0.5) is 0 Å². The molecule has 130 valence electrons. The maximum atomic E-state index is 10.6. The second kappa shape index (κ2) is 7.49. The lowest BCUT2D eigenvalue weighted by molar-refractivity contribution is -0.00733. The molecule has 2 aromatic rings. The number of nitrogens with zero attached hydrogens (tertiary/aromatic N) is 3. The molecule has 3 rings (SSSR count). The third-order valence-electron chi connectivity index (χ3n) is 5.39. The van der Waals surface area contributed by atoms with E-state index in [1.807, 2.05) is 6.33 Å². The summed E-state index contributed by atoms with van der Waals surface area (Å²) >= 11 is 0. The van der Waals surface area contributed by atoms with E-state index in [-0.39, 0.29) is 0 Å². The lowest BCUT2D eigenvalue weighted by atomic mass is 9.96. The van der Waals surface area contributed by atoms with Crippen LogP contribution in [0.5, 0.6) is 0 Å². The lowest BCUT2D eigenvalue weighted by Crippen LogP contribution is -2.44. The maximum absolute atomic E-state index is 10.6. The summed E-state index contributed by atoms with van der Waals surface area (Å²) in [4.78, 5) is 6.99. The van der Waals surface area contributed by atoms with Crippen molar-refractivity contribution in [2.45, 2.75) is 58.2 Å². The van der Waals surface area contributed by atoms with E-state index in [1.165, 1.54) is 17.0 Å². The number of benzene rings is 1. The quantitative estimate of drug-likeness (QED) is 0.850. The van der Waals surface area contributed by atoms with Crippen molar-refractivity contribution in [3.8, 4) is 0 Å². The fraction of sp³-hybridized carbons (Fsp3) is 0.550. The van der Waals surface area contributed by atoms with Crippen LogP contribution in [0, 0.1) is 0 Å². The number of β-amino-alcohol motifs (C(OH)–C–C–N with tert-alkyl or cyclic N) is 1. The van der Waals surface area contributed by atoms with Crippen LogP contribution in [-0.4, -0.2) is 38.2 Å². The Morgan fingerprint density at radius 1 is 1.17 bits per heavy atom. The van der Waals surface area contributed by atoms with E-state index in [2.05, 4.69) is 58.6 Å². The highest BCUT2D eigenvalue weighted by molar-refractivity contribution is 5.18. The van der Waals surface area contributed by atoms with E-state index in [1.54, 1.807) is 0 Å². The van der Waals surface area contributed by atoms with Crippen LogP contribution in [0.2, 0.25) is 0 Å². The van der Waals surface area contributed by atoms with Crippen molar-refractivity contribution in [1.29, 1.82) is 0 Å². The average molecular weight is 327 g/mol. The standard InChI is InChI=1S/C20H29N3O/c1-3-20(24,4-2)15-22-12-11-19-18(14-22)21-16-23(19)13-10-17-8-6-5-7-9-17/h5-9,16,24H,3-4,10-15H2,1-2H3. The summed E-state index contributed by atoms with van der Waals surface area (Å²) in [6.45, 7) is 7.73.